The van der Waals surface area contributed by atoms with Crippen LogP contribution in [0.5, 0.6) is 0 Å². The summed E-state index contributed by atoms with van der Waals surface area (Å²) < 4.78 is 4.88. The van der Waals surface area contributed by atoms with E-state index in [0.29, 0.717) is 5.56 Å². The van der Waals surface area contributed by atoms with E-state index in [-0.39, 0.29) is 5.97 Å². The Balaban J connectivity index is 1.94. The molecule has 0 radical (unpaired) electrons. The van der Waals surface area contributed by atoms with Crippen LogP contribution in [0.3, 0.4) is 0 Å². The molecule has 1 aromatic carbocycles. The van der Waals surface area contributed by atoms with Crippen molar-refractivity contribution in [2.24, 2.45) is 0 Å². The van der Waals surface area contributed by atoms with Crippen LogP contribution < -0.4 is 4.90 Å². The topological polar surface area (TPSA) is 42.4 Å². The van der Waals surface area contributed by atoms with Crippen molar-refractivity contribution in [3.63, 3.8) is 0 Å². The highest BCUT2D eigenvalue weighted by Gasteiger charge is 2.22. The summed E-state index contributed by atoms with van der Waals surface area (Å²) in [5.41, 5.74) is 5.85. The molecular weight excluding hydrogens is 272 g/mol. The molecule has 20 heavy (non-hydrogen) atoms. The molecule has 4 nitrogen and oxygen atoms in total. The SMILES string of the molecule is COC(=O)c1cccc2c1CCCN2Cc1cscn1. The highest BCUT2D eigenvalue weighted by molar-refractivity contribution is 7.07. The predicted molar refractivity (Wildman–Crippen MR) is 79.3 cm³/mol. The lowest BCUT2D eigenvalue weighted by molar-refractivity contribution is 0.0599. The number of thiazole rings is 1. The maximum absolute atomic E-state index is 11.9. The van der Waals surface area contributed by atoms with Gasteiger partial charge in [0.2, 0.25) is 0 Å². The van der Waals surface area contributed by atoms with Gasteiger partial charge in [-0.15, -0.1) is 11.3 Å². The third-order valence-corrected chi connectivity index (χ3v) is 4.22. The number of carbonyl (C=O) groups excluding carboxylic acids is 1. The molecule has 5 heteroatoms. The van der Waals surface area contributed by atoms with Crippen LogP contribution in [0.25, 0.3) is 0 Å². The number of fused-ring (bicyclic) bond motifs is 1. The second kappa shape index (κ2) is 5.63. The first-order chi connectivity index (χ1) is 9.79. The van der Waals surface area contributed by atoms with E-state index in [9.17, 15) is 4.79 Å². The first-order valence-corrected chi connectivity index (χ1v) is 7.56. The van der Waals surface area contributed by atoms with Crippen molar-refractivity contribution in [3.05, 3.63) is 45.9 Å². The highest BCUT2D eigenvalue weighted by atomic mass is 32.1. The molecule has 2 heterocycles. The van der Waals surface area contributed by atoms with Crippen molar-refractivity contribution in [3.8, 4) is 0 Å². The molecule has 0 saturated heterocycles. The zero-order valence-electron chi connectivity index (χ0n) is 11.3. The molecular formula is C15H16N2O2S. The van der Waals surface area contributed by atoms with E-state index >= 15 is 0 Å². The van der Waals surface area contributed by atoms with Crippen molar-refractivity contribution < 1.29 is 9.53 Å². The number of benzene rings is 1. The van der Waals surface area contributed by atoms with Gasteiger partial charge < -0.3 is 9.64 Å². The molecule has 0 aliphatic carbocycles. The number of carbonyl (C=O) groups is 1. The van der Waals surface area contributed by atoms with Gasteiger partial charge >= 0.3 is 5.97 Å². The Morgan fingerprint density at radius 3 is 3.15 bits per heavy atom. The van der Waals surface area contributed by atoms with E-state index in [1.165, 1.54) is 7.11 Å². The molecule has 0 unspecified atom stereocenters. The molecule has 104 valence electrons. The van der Waals surface area contributed by atoms with Gasteiger partial charge in [-0.3, -0.25) is 0 Å². The van der Waals surface area contributed by atoms with Gasteiger partial charge in [-0.05, 0) is 30.5 Å². The molecule has 0 spiro atoms. The molecule has 1 aromatic heterocycles. The van der Waals surface area contributed by atoms with Crippen molar-refractivity contribution >= 4 is 23.0 Å². The summed E-state index contributed by atoms with van der Waals surface area (Å²) in [4.78, 5) is 18.5. The fourth-order valence-corrected chi connectivity index (χ4v) is 3.23. The van der Waals surface area contributed by atoms with Gasteiger partial charge in [-0.25, -0.2) is 9.78 Å². The second-order valence-corrected chi connectivity index (χ2v) is 5.52. The largest absolute Gasteiger partial charge is 0.465 e. The highest BCUT2D eigenvalue weighted by Crippen LogP contribution is 2.31. The van der Waals surface area contributed by atoms with E-state index in [1.807, 2.05) is 17.6 Å². The molecule has 0 fully saturated rings. The van der Waals surface area contributed by atoms with Crippen LogP contribution >= 0.6 is 11.3 Å². The zero-order valence-corrected chi connectivity index (χ0v) is 12.2. The minimum atomic E-state index is -0.252. The predicted octanol–water partition coefficient (Wildman–Crippen LogP) is 2.88. The Morgan fingerprint density at radius 1 is 1.50 bits per heavy atom. The van der Waals surface area contributed by atoms with Gasteiger partial charge in [-0.1, -0.05) is 6.07 Å². The lowest BCUT2D eigenvalue weighted by Crippen LogP contribution is -2.30. The van der Waals surface area contributed by atoms with Crippen molar-refractivity contribution in [1.29, 1.82) is 0 Å². The van der Waals surface area contributed by atoms with Crippen LogP contribution in [0.15, 0.2) is 29.1 Å². The number of ether oxygens (including phenoxy) is 1. The third kappa shape index (κ3) is 2.41. The summed E-state index contributed by atoms with van der Waals surface area (Å²) in [5, 5.41) is 2.07. The number of hydrogen-bond donors (Lipinski definition) is 0. The normalized spacial score (nSPS) is 13.9. The maximum Gasteiger partial charge on any atom is 0.338 e. The average Bonchev–Trinajstić information content (AvgIpc) is 2.99. The lowest BCUT2D eigenvalue weighted by Gasteiger charge is -2.31. The molecule has 0 bridgehead atoms. The standard InChI is InChI=1S/C15H16N2O2S/c1-19-15(18)13-4-2-6-14-12(13)5-3-7-17(14)8-11-9-20-10-16-11/h2,4,6,9-10H,3,5,7-8H2,1H3. The smallest absolute Gasteiger partial charge is 0.338 e. The Morgan fingerprint density at radius 2 is 2.40 bits per heavy atom. The molecule has 0 atom stereocenters. The minimum Gasteiger partial charge on any atom is -0.465 e. The van der Waals surface area contributed by atoms with Crippen LogP contribution in [0.4, 0.5) is 5.69 Å². The van der Waals surface area contributed by atoms with E-state index in [2.05, 4.69) is 21.3 Å². The fourth-order valence-electron chi connectivity index (χ4n) is 2.68. The molecule has 0 N–H and O–H groups in total. The van der Waals surface area contributed by atoms with Gasteiger partial charge in [0, 0.05) is 17.6 Å². The summed E-state index contributed by atoms with van der Waals surface area (Å²) in [5.74, 6) is -0.252. The Labute approximate surface area is 122 Å². The summed E-state index contributed by atoms with van der Waals surface area (Å²) in [7, 11) is 1.43. The van der Waals surface area contributed by atoms with E-state index in [1.54, 1.807) is 11.3 Å². The van der Waals surface area contributed by atoms with Gasteiger partial charge in [0.25, 0.3) is 0 Å². The van der Waals surface area contributed by atoms with Crippen molar-refractivity contribution in [2.75, 3.05) is 18.6 Å². The summed E-state index contributed by atoms with van der Waals surface area (Å²) in [6.45, 7) is 1.79. The number of hydrogen-bond acceptors (Lipinski definition) is 5. The van der Waals surface area contributed by atoms with Crippen LogP contribution in [-0.2, 0) is 17.7 Å². The first kappa shape index (κ1) is 13.1. The van der Waals surface area contributed by atoms with Gasteiger partial charge in [0.15, 0.2) is 0 Å². The monoisotopic (exact) mass is 288 g/mol. The zero-order chi connectivity index (χ0) is 13.9. The maximum atomic E-state index is 11.9. The van der Waals surface area contributed by atoms with E-state index in [0.717, 1.165) is 42.9 Å². The van der Waals surface area contributed by atoms with Gasteiger partial charge in [0.05, 0.1) is 30.4 Å². The number of nitrogens with zero attached hydrogens (tertiary/aromatic N) is 2. The fraction of sp³-hybridized carbons (Fsp3) is 0.333. The van der Waals surface area contributed by atoms with Crippen molar-refractivity contribution in [1.82, 2.24) is 4.98 Å². The molecule has 3 rings (SSSR count). The molecule has 0 amide bonds. The van der Waals surface area contributed by atoms with Crippen LogP contribution in [0.2, 0.25) is 0 Å². The number of methoxy groups -OCH3 is 1. The minimum absolute atomic E-state index is 0.252. The number of anilines is 1. The van der Waals surface area contributed by atoms with Crippen LogP contribution in [0, 0.1) is 0 Å². The summed E-state index contributed by atoms with van der Waals surface area (Å²) >= 11 is 1.61. The quantitative estimate of drug-likeness (QED) is 0.815. The molecule has 1 aliphatic rings. The van der Waals surface area contributed by atoms with Gasteiger partial charge in [-0.2, -0.15) is 0 Å². The van der Waals surface area contributed by atoms with E-state index < -0.39 is 0 Å². The van der Waals surface area contributed by atoms with Crippen molar-refractivity contribution in [2.45, 2.75) is 19.4 Å². The molecule has 0 saturated carbocycles. The number of aromatic nitrogens is 1. The van der Waals surface area contributed by atoms with Crippen LogP contribution in [0.1, 0.15) is 28.0 Å². The van der Waals surface area contributed by atoms with E-state index in [4.69, 9.17) is 4.74 Å². The summed E-state index contributed by atoms with van der Waals surface area (Å²) in [6.07, 6.45) is 1.97. The first-order valence-electron chi connectivity index (χ1n) is 6.62. The van der Waals surface area contributed by atoms with Gasteiger partial charge in [0.1, 0.15) is 0 Å². The Hall–Kier alpha value is -1.88. The van der Waals surface area contributed by atoms with Crippen LogP contribution in [-0.4, -0.2) is 24.6 Å². The molecule has 2 aromatic rings. The Kier molecular flexibility index (Phi) is 3.69. The number of rotatable bonds is 3. The Bertz CT molecular complexity index is 610. The summed E-state index contributed by atoms with van der Waals surface area (Å²) in [6, 6.07) is 5.84. The average molecular weight is 288 g/mol. The second-order valence-electron chi connectivity index (χ2n) is 4.80. The molecule has 1 aliphatic heterocycles. The third-order valence-electron chi connectivity index (χ3n) is 3.59. The number of esters is 1. The lowest BCUT2D eigenvalue weighted by atomic mass is 9.96.